The maximum atomic E-state index is 12.9. The molecular weight excluding hydrogens is 321 g/mol. The largest absolute Gasteiger partial charge is 0.484 e. The Morgan fingerprint density at radius 2 is 1.68 bits per heavy atom. The maximum absolute atomic E-state index is 12.9. The van der Waals surface area contributed by atoms with Gasteiger partial charge >= 0.3 is 0 Å². The Morgan fingerprint density at radius 1 is 0.960 bits per heavy atom. The molecule has 1 amide bonds. The molecule has 0 unspecified atom stereocenters. The fraction of sp³-hybridized carbons (Fsp3) is 0.0526. The Balaban J connectivity index is 1.51. The van der Waals surface area contributed by atoms with Crippen molar-refractivity contribution >= 4 is 23.1 Å². The number of pyridine rings is 1. The van der Waals surface area contributed by atoms with Gasteiger partial charge in [-0.05, 0) is 48.5 Å². The second-order valence-corrected chi connectivity index (χ2v) is 5.21. The number of halogens is 1. The fourth-order valence-electron chi connectivity index (χ4n) is 2.09. The lowest BCUT2D eigenvalue weighted by atomic mass is 10.3. The molecule has 0 spiro atoms. The molecule has 1 heterocycles. The number of benzene rings is 2. The Bertz CT molecular complexity index is 822. The zero-order chi connectivity index (χ0) is 17.5. The minimum atomic E-state index is -0.297. The highest BCUT2D eigenvalue weighted by Gasteiger charge is 2.04. The van der Waals surface area contributed by atoms with Gasteiger partial charge in [-0.25, -0.2) is 9.37 Å². The van der Waals surface area contributed by atoms with E-state index in [1.165, 1.54) is 18.3 Å². The van der Waals surface area contributed by atoms with E-state index < -0.39 is 0 Å². The van der Waals surface area contributed by atoms with Gasteiger partial charge in [0.25, 0.3) is 5.91 Å². The molecule has 0 radical (unpaired) electrons. The Hall–Kier alpha value is -3.41. The van der Waals surface area contributed by atoms with Gasteiger partial charge in [0.1, 0.15) is 17.4 Å². The number of rotatable bonds is 6. The zero-order valence-electron chi connectivity index (χ0n) is 13.3. The van der Waals surface area contributed by atoms with Gasteiger partial charge in [-0.15, -0.1) is 0 Å². The summed E-state index contributed by atoms with van der Waals surface area (Å²) in [6.07, 6.45) is 1.53. The first-order chi connectivity index (χ1) is 12.2. The topological polar surface area (TPSA) is 63.2 Å². The van der Waals surface area contributed by atoms with Crippen molar-refractivity contribution in [1.29, 1.82) is 0 Å². The van der Waals surface area contributed by atoms with Crippen LogP contribution in [-0.4, -0.2) is 17.5 Å². The molecule has 0 bridgehead atoms. The lowest BCUT2D eigenvalue weighted by Crippen LogP contribution is -2.20. The monoisotopic (exact) mass is 337 g/mol. The van der Waals surface area contributed by atoms with Crippen LogP contribution in [0.5, 0.6) is 5.75 Å². The van der Waals surface area contributed by atoms with E-state index in [-0.39, 0.29) is 18.3 Å². The fourth-order valence-corrected chi connectivity index (χ4v) is 2.09. The van der Waals surface area contributed by atoms with Crippen LogP contribution < -0.4 is 15.4 Å². The molecule has 0 saturated heterocycles. The highest BCUT2D eigenvalue weighted by molar-refractivity contribution is 5.91. The van der Waals surface area contributed by atoms with Crippen LogP contribution >= 0.6 is 0 Å². The number of nitrogens with zero attached hydrogens (tertiary/aromatic N) is 1. The normalized spacial score (nSPS) is 10.1. The van der Waals surface area contributed by atoms with E-state index in [0.29, 0.717) is 17.3 Å². The second kappa shape index (κ2) is 7.92. The number of aromatic nitrogens is 1. The molecular formula is C19H16FN3O2. The second-order valence-electron chi connectivity index (χ2n) is 5.21. The maximum Gasteiger partial charge on any atom is 0.262 e. The molecule has 0 aliphatic carbocycles. The van der Waals surface area contributed by atoms with E-state index in [1.807, 2.05) is 18.2 Å². The average molecular weight is 337 g/mol. The van der Waals surface area contributed by atoms with Crippen LogP contribution in [0.15, 0.2) is 72.9 Å². The third-order valence-electron chi connectivity index (χ3n) is 3.28. The van der Waals surface area contributed by atoms with E-state index in [2.05, 4.69) is 15.6 Å². The number of carbonyl (C=O) groups is 1. The van der Waals surface area contributed by atoms with Crippen molar-refractivity contribution in [3.05, 3.63) is 78.7 Å². The van der Waals surface area contributed by atoms with Crippen LogP contribution in [0.25, 0.3) is 0 Å². The molecule has 5 nitrogen and oxygen atoms in total. The summed E-state index contributed by atoms with van der Waals surface area (Å²) in [6.45, 7) is -0.0837. The summed E-state index contributed by atoms with van der Waals surface area (Å²) in [5.41, 5.74) is 1.29. The Morgan fingerprint density at radius 3 is 2.36 bits per heavy atom. The Kier molecular flexibility index (Phi) is 5.21. The predicted octanol–water partition coefficient (Wildman–Crippen LogP) is 3.98. The highest BCUT2D eigenvalue weighted by atomic mass is 19.1. The van der Waals surface area contributed by atoms with E-state index in [9.17, 15) is 9.18 Å². The number of ether oxygens (including phenoxy) is 1. The number of amides is 1. The molecule has 6 heteroatoms. The van der Waals surface area contributed by atoms with Crippen LogP contribution in [0.1, 0.15) is 0 Å². The predicted molar refractivity (Wildman–Crippen MR) is 94.5 cm³/mol. The van der Waals surface area contributed by atoms with E-state index in [4.69, 9.17) is 4.74 Å². The SMILES string of the molecule is O=C(COc1ccccc1)Nc1ccc(Nc2ccc(F)cc2)nc1. The van der Waals surface area contributed by atoms with Crippen LogP contribution in [0.3, 0.4) is 0 Å². The summed E-state index contributed by atoms with van der Waals surface area (Å²) in [4.78, 5) is 16.1. The van der Waals surface area contributed by atoms with Crippen molar-refractivity contribution in [2.24, 2.45) is 0 Å². The van der Waals surface area contributed by atoms with Gasteiger partial charge in [-0.1, -0.05) is 18.2 Å². The van der Waals surface area contributed by atoms with Gasteiger partial charge < -0.3 is 15.4 Å². The quantitative estimate of drug-likeness (QED) is 0.714. The molecule has 0 fully saturated rings. The first-order valence-corrected chi connectivity index (χ1v) is 7.65. The molecule has 126 valence electrons. The third-order valence-corrected chi connectivity index (χ3v) is 3.28. The van der Waals surface area contributed by atoms with Crippen molar-refractivity contribution in [2.45, 2.75) is 0 Å². The van der Waals surface area contributed by atoms with Gasteiger partial charge in [0.15, 0.2) is 6.61 Å². The van der Waals surface area contributed by atoms with E-state index >= 15 is 0 Å². The number of anilines is 3. The van der Waals surface area contributed by atoms with Gasteiger partial charge in [0.05, 0.1) is 11.9 Å². The van der Waals surface area contributed by atoms with Crippen LogP contribution in [0, 0.1) is 5.82 Å². The number of hydrogen-bond acceptors (Lipinski definition) is 4. The van der Waals surface area contributed by atoms with Gasteiger partial charge in [-0.2, -0.15) is 0 Å². The molecule has 3 rings (SSSR count). The van der Waals surface area contributed by atoms with Crippen molar-refractivity contribution in [3.8, 4) is 5.75 Å². The molecule has 0 aliphatic rings. The van der Waals surface area contributed by atoms with Crippen LogP contribution in [0.2, 0.25) is 0 Å². The molecule has 25 heavy (non-hydrogen) atoms. The first kappa shape index (κ1) is 16.4. The Labute approximate surface area is 144 Å². The zero-order valence-corrected chi connectivity index (χ0v) is 13.3. The molecule has 0 aliphatic heterocycles. The van der Waals surface area contributed by atoms with Crippen molar-refractivity contribution in [2.75, 3.05) is 17.2 Å². The lowest BCUT2D eigenvalue weighted by molar-refractivity contribution is -0.118. The van der Waals surface area contributed by atoms with Crippen LogP contribution in [0.4, 0.5) is 21.6 Å². The first-order valence-electron chi connectivity index (χ1n) is 7.65. The standard InChI is InChI=1S/C19H16FN3O2/c20-14-6-8-15(9-7-14)22-18-11-10-16(12-21-18)23-19(24)13-25-17-4-2-1-3-5-17/h1-12H,13H2,(H,21,22)(H,23,24). The van der Waals surface area contributed by atoms with Crippen molar-refractivity contribution in [3.63, 3.8) is 0 Å². The molecule has 0 saturated carbocycles. The summed E-state index contributed by atoms with van der Waals surface area (Å²) >= 11 is 0. The van der Waals surface area contributed by atoms with Gasteiger partial charge in [0.2, 0.25) is 0 Å². The van der Waals surface area contributed by atoms with Crippen molar-refractivity contribution in [1.82, 2.24) is 4.98 Å². The highest BCUT2D eigenvalue weighted by Crippen LogP contribution is 2.16. The summed E-state index contributed by atoms with van der Waals surface area (Å²) in [6, 6.07) is 18.5. The van der Waals surface area contributed by atoms with Gasteiger partial charge in [-0.3, -0.25) is 4.79 Å². The third kappa shape index (κ3) is 5.04. The summed E-state index contributed by atoms with van der Waals surface area (Å²) in [5.74, 6) is 0.652. The minimum absolute atomic E-state index is 0.0837. The lowest BCUT2D eigenvalue weighted by Gasteiger charge is -2.09. The molecule has 3 aromatic rings. The van der Waals surface area contributed by atoms with Crippen molar-refractivity contribution < 1.29 is 13.9 Å². The molecule has 1 aromatic heterocycles. The summed E-state index contributed by atoms with van der Waals surface area (Å²) in [5, 5.41) is 5.75. The average Bonchev–Trinajstić information content (AvgIpc) is 2.64. The molecule has 2 N–H and O–H groups in total. The molecule has 0 atom stereocenters. The number of para-hydroxylation sites is 1. The minimum Gasteiger partial charge on any atom is -0.484 e. The number of hydrogen-bond donors (Lipinski definition) is 2. The number of nitrogens with one attached hydrogen (secondary N) is 2. The molecule has 2 aromatic carbocycles. The number of carbonyl (C=O) groups excluding carboxylic acids is 1. The van der Waals surface area contributed by atoms with Gasteiger partial charge in [0, 0.05) is 5.69 Å². The van der Waals surface area contributed by atoms with Crippen LogP contribution in [-0.2, 0) is 4.79 Å². The van der Waals surface area contributed by atoms with E-state index in [1.54, 1.807) is 36.4 Å². The van der Waals surface area contributed by atoms with E-state index in [0.717, 1.165) is 5.69 Å². The summed E-state index contributed by atoms with van der Waals surface area (Å²) < 4.78 is 18.3. The smallest absolute Gasteiger partial charge is 0.262 e. The summed E-state index contributed by atoms with van der Waals surface area (Å²) in [7, 11) is 0.